The average molecular weight is 303 g/mol. The van der Waals surface area contributed by atoms with E-state index >= 15 is 0 Å². The van der Waals surface area contributed by atoms with Crippen LogP contribution in [0.4, 0.5) is 5.69 Å². The van der Waals surface area contributed by atoms with Crippen LogP contribution in [0.3, 0.4) is 0 Å². The van der Waals surface area contributed by atoms with Crippen LogP contribution >= 0.6 is 35.0 Å². The Labute approximate surface area is 120 Å². The maximum absolute atomic E-state index is 11.8. The van der Waals surface area contributed by atoms with E-state index in [0.29, 0.717) is 26.8 Å². The summed E-state index contributed by atoms with van der Waals surface area (Å²) in [5.74, 6) is 0.712. The lowest BCUT2D eigenvalue weighted by molar-refractivity contribution is -0.129. The van der Waals surface area contributed by atoms with Crippen molar-refractivity contribution in [3.63, 3.8) is 0 Å². The Morgan fingerprint density at radius 2 is 1.94 bits per heavy atom. The van der Waals surface area contributed by atoms with Gasteiger partial charge in [0.1, 0.15) is 0 Å². The van der Waals surface area contributed by atoms with Gasteiger partial charge in [-0.2, -0.15) is 0 Å². The molecule has 1 aliphatic rings. The molecule has 2 rings (SSSR count). The third-order valence-electron chi connectivity index (χ3n) is 2.39. The SMILES string of the molecule is CC(C)C(=O)N1CSC1=Nc1cc(Cl)cc(Cl)c1. The molecule has 0 bridgehead atoms. The highest BCUT2D eigenvalue weighted by atomic mass is 35.5. The molecule has 1 saturated heterocycles. The fourth-order valence-corrected chi connectivity index (χ4v) is 2.74. The second-order valence-corrected chi connectivity index (χ2v) is 6.00. The average Bonchev–Trinajstić information content (AvgIpc) is 2.23. The van der Waals surface area contributed by atoms with Crippen LogP contribution in [0.25, 0.3) is 0 Å². The van der Waals surface area contributed by atoms with Gasteiger partial charge in [-0.15, -0.1) is 0 Å². The van der Waals surface area contributed by atoms with Gasteiger partial charge < -0.3 is 0 Å². The van der Waals surface area contributed by atoms with Gasteiger partial charge >= 0.3 is 0 Å². The number of thioether (sulfide) groups is 1. The summed E-state index contributed by atoms with van der Waals surface area (Å²) in [6.45, 7) is 3.75. The Morgan fingerprint density at radius 1 is 1.33 bits per heavy atom. The van der Waals surface area contributed by atoms with Crippen molar-refractivity contribution in [3.05, 3.63) is 28.2 Å². The second-order valence-electron chi connectivity index (χ2n) is 4.22. The smallest absolute Gasteiger partial charge is 0.231 e. The highest BCUT2D eigenvalue weighted by Gasteiger charge is 2.30. The second kappa shape index (κ2) is 5.51. The maximum atomic E-state index is 11.8. The van der Waals surface area contributed by atoms with E-state index in [4.69, 9.17) is 23.2 Å². The molecule has 0 atom stereocenters. The van der Waals surface area contributed by atoms with Crippen molar-refractivity contribution in [2.24, 2.45) is 10.9 Å². The molecule has 0 N–H and O–H groups in total. The molecule has 0 radical (unpaired) electrons. The number of amidine groups is 1. The number of hydrogen-bond donors (Lipinski definition) is 0. The minimum atomic E-state index is -0.0287. The lowest BCUT2D eigenvalue weighted by atomic mass is 10.2. The summed E-state index contributed by atoms with van der Waals surface area (Å²) in [7, 11) is 0. The lowest BCUT2D eigenvalue weighted by Gasteiger charge is -2.32. The first kappa shape index (κ1) is 13.7. The molecule has 1 heterocycles. The third kappa shape index (κ3) is 2.99. The first-order chi connectivity index (χ1) is 8.47. The Morgan fingerprint density at radius 3 is 2.39 bits per heavy atom. The van der Waals surface area contributed by atoms with Gasteiger partial charge in [-0.25, -0.2) is 4.99 Å². The van der Waals surface area contributed by atoms with E-state index in [9.17, 15) is 4.79 Å². The highest BCUT2D eigenvalue weighted by Crippen LogP contribution is 2.30. The zero-order valence-electron chi connectivity index (χ0n) is 9.98. The first-order valence-corrected chi connectivity index (χ1v) is 7.20. The Hall–Kier alpha value is -0.710. The van der Waals surface area contributed by atoms with Crippen molar-refractivity contribution in [3.8, 4) is 0 Å². The van der Waals surface area contributed by atoms with E-state index in [1.54, 1.807) is 23.1 Å². The Balaban J connectivity index is 2.21. The molecule has 1 fully saturated rings. The normalized spacial score (nSPS) is 17.2. The van der Waals surface area contributed by atoms with Crippen molar-refractivity contribution in [2.75, 3.05) is 5.88 Å². The summed E-state index contributed by atoms with van der Waals surface area (Å²) in [4.78, 5) is 17.9. The fraction of sp³-hybridized carbons (Fsp3) is 0.333. The minimum Gasteiger partial charge on any atom is -0.281 e. The number of hydrogen-bond acceptors (Lipinski definition) is 3. The van der Waals surface area contributed by atoms with Crippen molar-refractivity contribution < 1.29 is 4.79 Å². The molecular weight excluding hydrogens is 291 g/mol. The summed E-state index contributed by atoms with van der Waals surface area (Å²) in [6, 6.07) is 5.09. The van der Waals surface area contributed by atoms with Crippen LogP contribution in [0.2, 0.25) is 10.0 Å². The molecule has 3 nitrogen and oxygen atoms in total. The van der Waals surface area contributed by atoms with Crippen LogP contribution in [0.1, 0.15) is 13.8 Å². The van der Waals surface area contributed by atoms with E-state index in [2.05, 4.69) is 4.99 Å². The van der Waals surface area contributed by atoms with Gasteiger partial charge in [0.2, 0.25) is 5.91 Å². The standard InChI is InChI=1S/C12H12Cl2N2OS/c1-7(2)11(17)16-6-18-12(16)15-10-4-8(13)3-9(14)5-10/h3-5,7H,6H2,1-2H3. The number of rotatable bonds is 2. The molecule has 6 heteroatoms. The van der Waals surface area contributed by atoms with Crippen molar-refractivity contribution in [1.29, 1.82) is 0 Å². The number of aliphatic imine (C=N–C) groups is 1. The highest BCUT2D eigenvalue weighted by molar-refractivity contribution is 8.15. The molecule has 96 valence electrons. The molecule has 0 aliphatic carbocycles. The van der Waals surface area contributed by atoms with Crippen LogP contribution < -0.4 is 0 Å². The zero-order chi connectivity index (χ0) is 13.3. The number of carbonyl (C=O) groups excluding carboxylic acids is 1. The minimum absolute atomic E-state index is 0.0287. The predicted octanol–water partition coefficient (Wildman–Crippen LogP) is 4.17. The quantitative estimate of drug-likeness (QED) is 0.821. The van der Waals surface area contributed by atoms with Gasteiger partial charge in [-0.05, 0) is 18.2 Å². The monoisotopic (exact) mass is 302 g/mol. The van der Waals surface area contributed by atoms with Crippen LogP contribution in [-0.2, 0) is 4.79 Å². The number of halogens is 2. The number of benzene rings is 1. The molecule has 0 spiro atoms. The largest absolute Gasteiger partial charge is 0.281 e. The number of carbonyl (C=O) groups is 1. The van der Waals surface area contributed by atoms with Crippen LogP contribution in [0.15, 0.2) is 23.2 Å². The topological polar surface area (TPSA) is 32.7 Å². The van der Waals surface area contributed by atoms with Crippen molar-refractivity contribution in [2.45, 2.75) is 13.8 Å². The van der Waals surface area contributed by atoms with Gasteiger partial charge in [0.05, 0.1) is 11.6 Å². The molecule has 1 aliphatic heterocycles. The molecule has 1 aromatic rings. The number of amides is 1. The molecular formula is C12H12Cl2N2OS. The summed E-state index contributed by atoms with van der Waals surface area (Å²) >= 11 is 13.3. The van der Waals surface area contributed by atoms with Crippen LogP contribution in [-0.4, -0.2) is 21.9 Å². The molecule has 18 heavy (non-hydrogen) atoms. The first-order valence-electron chi connectivity index (χ1n) is 5.46. The van der Waals surface area contributed by atoms with E-state index in [-0.39, 0.29) is 11.8 Å². The van der Waals surface area contributed by atoms with Crippen molar-refractivity contribution >= 4 is 51.7 Å². The molecule has 0 aromatic heterocycles. The van der Waals surface area contributed by atoms with Crippen LogP contribution in [0, 0.1) is 5.92 Å². The Bertz CT molecular complexity index is 497. The summed E-state index contributed by atoms with van der Waals surface area (Å²) < 4.78 is 0. The maximum Gasteiger partial charge on any atom is 0.231 e. The fourth-order valence-electron chi connectivity index (χ4n) is 1.46. The van der Waals surface area contributed by atoms with Gasteiger partial charge in [0, 0.05) is 16.0 Å². The molecule has 1 aromatic carbocycles. The molecule has 0 saturated carbocycles. The Kier molecular flexibility index (Phi) is 4.20. The number of nitrogens with zero attached hydrogens (tertiary/aromatic N) is 2. The zero-order valence-corrected chi connectivity index (χ0v) is 12.3. The predicted molar refractivity (Wildman–Crippen MR) is 77.7 cm³/mol. The summed E-state index contributed by atoms with van der Waals surface area (Å²) in [6.07, 6.45) is 0. The molecule has 0 unspecified atom stereocenters. The van der Waals surface area contributed by atoms with Crippen molar-refractivity contribution in [1.82, 2.24) is 4.90 Å². The molecule has 1 amide bonds. The van der Waals surface area contributed by atoms with Gasteiger partial charge in [0.15, 0.2) is 5.17 Å². The van der Waals surface area contributed by atoms with E-state index in [0.717, 1.165) is 0 Å². The van der Waals surface area contributed by atoms with Gasteiger partial charge in [-0.1, -0.05) is 48.8 Å². The van der Waals surface area contributed by atoms with E-state index in [1.807, 2.05) is 13.8 Å². The van der Waals surface area contributed by atoms with E-state index in [1.165, 1.54) is 11.8 Å². The van der Waals surface area contributed by atoms with E-state index < -0.39 is 0 Å². The third-order valence-corrected chi connectivity index (χ3v) is 3.78. The summed E-state index contributed by atoms with van der Waals surface area (Å²) in [5.41, 5.74) is 0.663. The van der Waals surface area contributed by atoms with Crippen LogP contribution in [0.5, 0.6) is 0 Å². The van der Waals surface area contributed by atoms with Gasteiger partial charge in [0.25, 0.3) is 0 Å². The van der Waals surface area contributed by atoms with Gasteiger partial charge in [-0.3, -0.25) is 9.69 Å². The lowest BCUT2D eigenvalue weighted by Crippen LogP contribution is -2.45. The summed E-state index contributed by atoms with van der Waals surface area (Å²) in [5, 5.41) is 1.77.